The van der Waals surface area contributed by atoms with Gasteiger partial charge in [0.2, 0.25) is 17.7 Å². The molecule has 0 aromatic carbocycles. The molecule has 14 heteroatoms. The Hall–Kier alpha value is -3.26. The minimum atomic E-state index is -1.78. The number of nitrogens with one attached hydrogen (secondary N) is 3. The van der Waals surface area contributed by atoms with Gasteiger partial charge in [0.15, 0.2) is 6.04 Å². The highest BCUT2D eigenvalue weighted by molar-refractivity contribution is 5.95. The number of rotatable bonds is 14. The molecule has 0 heterocycles. The van der Waals surface area contributed by atoms with Crippen molar-refractivity contribution in [1.82, 2.24) is 16.0 Å². The maximum Gasteiger partial charge on any atom is 0.328 e. The zero-order valence-electron chi connectivity index (χ0n) is 17.9. The van der Waals surface area contributed by atoms with Gasteiger partial charge in [0.05, 0.1) is 18.6 Å². The smallest absolute Gasteiger partial charge is 0.328 e. The third-order valence-electron chi connectivity index (χ3n) is 4.36. The van der Waals surface area contributed by atoms with Crippen molar-refractivity contribution >= 4 is 35.6 Å². The Morgan fingerprint density at radius 1 is 0.781 bits per heavy atom. The summed E-state index contributed by atoms with van der Waals surface area (Å²) in [6.07, 6.45) is -3.40. The Bertz CT molecular complexity index is 725. The zero-order chi connectivity index (χ0) is 25.2. The molecule has 0 radical (unpaired) electrons. The first-order chi connectivity index (χ1) is 14.7. The lowest BCUT2D eigenvalue weighted by atomic mass is 10.0. The van der Waals surface area contributed by atoms with Gasteiger partial charge in [-0.1, -0.05) is 13.8 Å². The molecule has 0 aliphatic heterocycles. The van der Waals surface area contributed by atoms with Crippen LogP contribution < -0.4 is 21.7 Å². The molecule has 0 aromatic rings. The molecule has 0 aliphatic carbocycles. The van der Waals surface area contributed by atoms with Crippen molar-refractivity contribution in [1.29, 1.82) is 0 Å². The van der Waals surface area contributed by atoms with Crippen molar-refractivity contribution in [3.8, 4) is 0 Å². The molecule has 5 unspecified atom stereocenters. The standard InChI is InChI=1S/C18H30N4O10/c1-7(2)13(19)17(30)20-9(4-5-11(24)25)15(28)21-10(6-12(26)27)16(29)22-14(8(3)23)18(31)32/h7-10,13-14,23H,4-6,19H2,1-3H3,(H,20,30)(H,21,28)(H,22,29)(H,24,25)(H,26,27)(H,31,32). The fourth-order valence-electron chi connectivity index (χ4n) is 2.41. The second-order valence-electron chi connectivity index (χ2n) is 7.49. The van der Waals surface area contributed by atoms with Crippen LogP contribution in [0.5, 0.6) is 0 Å². The Kier molecular flexibility index (Phi) is 11.9. The lowest BCUT2D eigenvalue weighted by molar-refractivity contribution is -0.146. The van der Waals surface area contributed by atoms with Crippen LogP contribution in [-0.4, -0.2) is 86.3 Å². The van der Waals surface area contributed by atoms with E-state index in [0.29, 0.717) is 0 Å². The van der Waals surface area contributed by atoms with Gasteiger partial charge in [-0.05, 0) is 19.3 Å². The van der Waals surface area contributed by atoms with Crippen molar-refractivity contribution in [2.45, 2.75) is 70.3 Å². The fourth-order valence-corrected chi connectivity index (χ4v) is 2.41. The topological polar surface area (TPSA) is 245 Å². The first-order valence-corrected chi connectivity index (χ1v) is 9.68. The highest BCUT2D eigenvalue weighted by Gasteiger charge is 2.33. The normalized spacial score (nSPS) is 15.6. The molecule has 182 valence electrons. The number of carbonyl (C=O) groups excluding carboxylic acids is 3. The maximum atomic E-state index is 12.6. The van der Waals surface area contributed by atoms with Crippen LogP contribution in [0.25, 0.3) is 0 Å². The van der Waals surface area contributed by atoms with E-state index in [0.717, 1.165) is 6.92 Å². The molecule has 0 saturated carbocycles. The van der Waals surface area contributed by atoms with Gasteiger partial charge >= 0.3 is 17.9 Å². The Balaban J connectivity index is 5.59. The quantitative estimate of drug-likeness (QED) is 0.131. The number of aliphatic carboxylic acids is 3. The molecule has 0 fully saturated rings. The van der Waals surface area contributed by atoms with Crippen LogP contribution in [-0.2, 0) is 28.8 Å². The number of hydrogen-bond donors (Lipinski definition) is 8. The van der Waals surface area contributed by atoms with E-state index in [-0.39, 0.29) is 12.3 Å². The number of hydrogen-bond acceptors (Lipinski definition) is 8. The van der Waals surface area contributed by atoms with E-state index < -0.39 is 78.7 Å². The van der Waals surface area contributed by atoms with Gasteiger partial charge in [0.1, 0.15) is 12.1 Å². The van der Waals surface area contributed by atoms with Crippen LogP contribution in [0.1, 0.15) is 40.0 Å². The number of amides is 3. The highest BCUT2D eigenvalue weighted by Crippen LogP contribution is 2.05. The molecular weight excluding hydrogens is 432 g/mol. The van der Waals surface area contributed by atoms with E-state index in [1.54, 1.807) is 13.8 Å². The third kappa shape index (κ3) is 10.2. The van der Waals surface area contributed by atoms with Crippen molar-refractivity contribution in [3.63, 3.8) is 0 Å². The molecule has 3 amide bonds. The van der Waals surface area contributed by atoms with Crippen LogP contribution in [0.2, 0.25) is 0 Å². The van der Waals surface area contributed by atoms with Crippen molar-refractivity contribution < 1.29 is 49.2 Å². The molecular formula is C18H30N4O10. The van der Waals surface area contributed by atoms with Gasteiger partial charge in [0, 0.05) is 6.42 Å². The summed E-state index contributed by atoms with van der Waals surface area (Å²) in [5, 5.41) is 42.7. The van der Waals surface area contributed by atoms with Crippen LogP contribution in [0.4, 0.5) is 0 Å². The highest BCUT2D eigenvalue weighted by atomic mass is 16.4. The summed E-state index contributed by atoms with van der Waals surface area (Å²) in [6.45, 7) is 4.37. The van der Waals surface area contributed by atoms with E-state index in [4.69, 9.17) is 21.1 Å². The van der Waals surface area contributed by atoms with Crippen LogP contribution in [0.15, 0.2) is 0 Å². The maximum absolute atomic E-state index is 12.6. The average Bonchev–Trinajstić information content (AvgIpc) is 2.66. The molecule has 0 aromatic heterocycles. The molecule has 0 saturated heterocycles. The number of carboxylic acid groups (broad SMARTS) is 3. The van der Waals surface area contributed by atoms with E-state index in [1.807, 2.05) is 5.32 Å². The predicted molar refractivity (Wildman–Crippen MR) is 107 cm³/mol. The molecule has 0 aliphatic rings. The second kappa shape index (κ2) is 13.2. The van der Waals surface area contributed by atoms with Gasteiger partial charge in [-0.2, -0.15) is 0 Å². The van der Waals surface area contributed by atoms with Crippen molar-refractivity contribution in [2.75, 3.05) is 0 Å². The molecule has 32 heavy (non-hydrogen) atoms. The van der Waals surface area contributed by atoms with Crippen molar-refractivity contribution in [3.05, 3.63) is 0 Å². The Labute approximate surface area is 183 Å². The van der Waals surface area contributed by atoms with Crippen LogP contribution in [0.3, 0.4) is 0 Å². The van der Waals surface area contributed by atoms with E-state index in [9.17, 15) is 33.9 Å². The molecule has 0 bridgehead atoms. The summed E-state index contributed by atoms with van der Waals surface area (Å²) in [6, 6.07) is -6.03. The fraction of sp³-hybridized carbons (Fsp3) is 0.667. The summed E-state index contributed by atoms with van der Waals surface area (Å²) in [4.78, 5) is 70.4. The van der Waals surface area contributed by atoms with E-state index in [1.165, 1.54) is 0 Å². The lowest BCUT2D eigenvalue weighted by Crippen LogP contribution is -2.59. The van der Waals surface area contributed by atoms with Gasteiger partial charge in [-0.15, -0.1) is 0 Å². The molecule has 9 N–H and O–H groups in total. The lowest BCUT2D eigenvalue weighted by Gasteiger charge is -2.25. The summed E-state index contributed by atoms with van der Waals surface area (Å²) >= 11 is 0. The Morgan fingerprint density at radius 2 is 1.28 bits per heavy atom. The third-order valence-corrected chi connectivity index (χ3v) is 4.36. The Morgan fingerprint density at radius 3 is 1.69 bits per heavy atom. The summed E-state index contributed by atoms with van der Waals surface area (Å²) in [7, 11) is 0. The molecule has 5 atom stereocenters. The van der Waals surface area contributed by atoms with Gasteiger partial charge < -0.3 is 42.1 Å². The minimum Gasteiger partial charge on any atom is -0.481 e. The van der Waals surface area contributed by atoms with Gasteiger partial charge in [0.25, 0.3) is 0 Å². The number of aliphatic hydroxyl groups is 1. The van der Waals surface area contributed by atoms with E-state index >= 15 is 0 Å². The second-order valence-corrected chi connectivity index (χ2v) is 7.49. The van der Waals surface area contributed by atoms with E-state index in [2.05, 4.69) is 10.6 Å². The average molecular weight is 462 g/mol. The summed E-state index contributed by atoms with van der Waals surface area (Å²) in [5.41, 5.74) is 5.71. The van der Waals surface area contributed by atoms with Gasteiger partial charge in [-0.25, -0.2) is 4.79 Å². The van der Waals surface area contributed by atoms with Crippen LogP contribution in [0, 0.1) is 5.92 Å². The largest absolute Gasteiger partial charge is 0.481 e. The summed E-state index contributed by atoms with van der Waals surface area (Å²) < 4.78 is 0. The van der Waals surface area contributed by atoms with Crippen molar-refractivity contribution in [2.24, 2.45) is 11.7 Å². The molecule has 0 rings (SSSR count). The minimum absolute atomic E-state index is 0.308. The van der Waals surface area contributed by atoms with Crippen LogP contribution >= 0.6 is 0 Å². The molecule has 14 nitrogen and oxygen atoms in total. The molecule has 0 spiro atoms. The van der Waals surface area contributed by atoms with Gasteiger partial charge in [-0.3, -0.25) is 24.0 Å². The predicted octanol–water partition coefficient (Wildman–Crippen LogP) is -2.77. The summed E-state index contributed by atoms with van der Waals surface area (Å²) in [5.74, 6) is -7.73. The number of carboxylic acids is 3. The monoisotopic (exact) mass is 462 g/mol. The number of carbonyl (C=O) groups is 6. The zero-order valence-corrected chi connectivity index (χ0v) is 17.9. The SMILES string of the molecule is CC(C)C(N)C(=O)NC(CCC(=O)O)C(=O)NC(CC(=O)O)C(=O)NC(C(=O)O)C(C)O. The number of aliphatic hydroxyl groups excluding tert-OH is 1. The first-order valence-electron chi connectivity index (χ1n) is 9.68. The first kappa shape index (κ1) is 28.7. The number of nitrogens with two attached hydrogens (primary N) is 1.